The number of benzene rings is 3. The summed E-state index contributed by atoms with van der Waals surface area (Å²) in [5.74, 6) is 0.280. The summed E-state index contributed by atoms with van der Waals surface area (Å²) in [4.78, 5) is 29.0. The van der Waals surface area contributed by atoms with Crippen LogP contribution >= 0.6 is 0 Å². The molecule has 0 aliphatic carbocycles. The first kappa shape index (κ1) is 28.0. The van der Waals surface area contributed by atoms with E-state index in [1.807, 2.05) is 0 Å². The van der Waals surface area contributed by atoms with Crippen LogP contribution in [0.3, 0.4) is 0 Å². The van der Waals surface area contributed by atoms with Crippen molar-refractivity contribution in [2.75, 3.05) is 65.6 Å². The van der Waals surface area contributed by atoms with Crippen molar-refractivity contribution in [3.8, 4) is 23.0 Å². The van der Waals surface area contributed by atoms with Gasteiger partial charge in [0.25, 0.3) is 5.91 Å². The number of fused-ring (bicyclic) bond motifs is 6. The number of hydrogen-bond acceptors (Lipinski definition) is 9. The molecule has 42 heavy (non-hydrogen) atoms. The molecular weight excluding hydrogens is 542 g/mol. The monoisotopic (exact) mass is 575 g/mol. The van der Waals surface area contributed by atoms with Crippen molar-refractivity contribution in [3.63, 3.8) is 0 Å². The van der Waals surface area contributed by atoms with E-state index in [1.165, 1.54) is 12.1 Å². The van der Waals surface area contributed by atoms with E-state index in [0.29, 0.717) is 65.7 Å². The van der Waals surface area contributed by atoms with E-state index in [2.05, 4.69) is 16.0 Å². The van der Waals surface area contributed by atoms with Gasteiger partial charge in [0.2, 0.25) is 0 Å². The minimum Gasteiger partial charge on any atom is -0.508 e. The van der Waals surface area contributed by atoms with E-state index >= 15 is 0 Å². The third-order valence-electron chi connectivity index (χ3n) is 7.72. The first-order valence-corrected chi connectivity index (χ1v) is 14.1. The lowest BCUT2D eigenvalue weighted by molar-refractivity contribution is 0.0224. The predicted molar refractivity (Wildman–Crippen MR) is 152 cm³/mol. The normalized spacial score (nSPS) is 20.3. The standard InChI is InChI=1S/C31H33FN4O6/c32-7-16-40-22-3-6-26-28(19-22)41-27-18-21(37)2-5-25(27)31(26)24-4-1-20(17-23(24)30(39)42-31)29(38)36-14-12-34-10-8-33-9-11-35-13-15-36/h1-6,17-19,33-35,37H,7-16H2/i32-1. The lowest BCUT2D eigenvalue weighted by Gasteiger charge is -2.36. The van der Waals surface area contributed by atoms with E-state index < -0.39 is 18.2 Å². The molecule has 1 amide bonds. The van der Waals surface area contributed by atoms with Gasteiger partial charge in [-0.25, -0.2) is 9.18 Å². The Labute approximate surface area is 242 Å². The Morgan fingerprint density at radius 2 is 1.52 bits per heavy atom. The molecule has 11 heteroatoms. The summed E-state index contributed by atoms with van der Waals surface area (Å²) < 4.78 is 30.5. The van der Waals surface area contributed by atoms with Gasteiger partial charge >= 0.3 is 5.97 Å². The Morgan fingerprint density at radius 3 is 2.24 bits per heavy atom. The van der Waals surface area contributed by atoms with E-state index in [4.69, 9.17) is 14.2 Å². The zero-order chi connectivity index (χ0) is 29.1. The van der Waals surface area contributed by atoms with Crippen LogP contribution in [0.4, 0.5) is 4.39 Å². The lowest BCUT2D eigenvalue weighted by Crippen LogP contribution is -2.44. The molecule has 4 N–H and O–H groups in total. The van der Waals surface area contributed by atoms with Crippen molar-refractivity contribution in [2.24, 2.45) is 0 Å². The molecule has 3 aliphatic heterocycles. The number of nitrogens with zero attached hydrogens (tertiary/aromatic N) is 1. The third kappa shape index (κ3) is 5.15. The average molecular weight is 576 g/mol. The number of carbonyl (C=O) groups is 2. The Hall–Kier alpha value is -4.19. The van der Waals surface area contributed by atoms with Crippen molar-refractivity contribution in [3.05, 3.63) is 82.4 Å². The second-order valence-electron chi connectivity index (χ2n) is 10.4. The van der Waals surface area contributed by atoms with Gasteiger partial charge in [-0.1, -0.05) is 6.07 Å². The number of carbonyl (C=O) groups excluding carboxylic acids is 2. The molecule has 1 saturated heterocycles. The number of phenolic OH excluding ortho intramolecular Hbond substituents is 1. The van der Waals surface area contributed by atoms with Gasteiger partial charge in [-0.3, -0.25) is 4.79 Å². The molecule has 1 fully saturated rings. The fourth-order valence-corrected chi connectivity index (χ4v) is 5.73. The van der Waals surface area contributed by atoms with Crippen molar-refractivity contribution < 1.29 is 33.3 Å². The number of rotatable bonds is 4. The van der Waals surface area contributed by atoms with Gasteiger partial charge in [0, 0.05) is 86.7 Å². The molecule has 1 unspecified atom stereocenters. The summed E-state index contributed by atoms with van der Waals surface area (Å²) in [6.07, 6.45) is 0. The fourth-order valence-electron chi connectivity index (χ4n) is 5.73. The second kappa shape index (κ2) is 12.0. The van der Waals surface area contributed by atoms with Crippen LogP contribution in [-0.4, -0.2) is 87.5 Å². The van der Waals surface area contributed by atoms with Gasteiger partial charge in [0.15, 0.2) is 5.60 Å². The number of esters is 1. The lowest BCUT2D eigenvalue weighted by atomic mass is 9.77. The highest BCUT2D eigenvalue weighted by Gasteiger charge is 2.53. The zero-order valence-electron chi connectivity index (χ0n) is 23.1. The Morgan fingerprint density at radius 1 is 0.881 bits per heavy atom. The molecule has 3 aromatic rings. The average Bonchev–Trinajstić information content (AvgIpc) is 3.27. The maximum absolute atomic E-state index is 13.7. The van der Waals surface area contributed by atoms with E-state index in [1.54, 1.807) is 47.4 Å². The Balaban J connectivity index is 1.37. The highest BCUT2D eigenvalue weighted by molar-refractivity contribution is 6.01. The number of halogens is 1. The van der Waals surface area contributed by atoms with Crippen LogP contribution in [0.1, 0.15) is 37.4 Å². The first-order chi connectivity index (χ1) is 20.5. The summed E-state index contributed by atoms with van der Waals surface area (Å²) in [7, 11) is 0. The summed E-state index contributed by atoms with van der Waals surface area (Å²) >= 11 is 0. The molecule has 1 spiro atoms. The number of phenols is 1. The predicted octanol–water partition coefficient (Wildman–Crippen LogP) is 2.53. The number of alkyl halides is 1. The third-order valence-corrected chi connectivity index (χ3v) is 7.72. The second-order valence-corrected chi connectivity index (χ2v) is 10.4. The molecule has 10 nitrogen and oxygen atoms in total. The number of amides is 1. The summed E-state index contributed by atoms with van der Waals surface area (Å²) in [6.45, 7) is 4.93. The molecular formula is C31H33FN4O6. The molecule has 0 saturated carbocycles. The maximum atomic E-state index is 13.7. The highest BCUT2D eigenvalue weighted by atomic mass is 18.2. The Kier molecular flexibility index (Phi) is 7.96. The van der Waals surface area contributed by atoms with Gasteiger partial charge < -0.3 is 40.2 Å². The topological polar surface area (TPSA) is 121 Å². The number of hydrogen-bond donors (Lipinski definition) is 4. The first-order valence-electron chi connectivity index (χ1n) is 14.1. The molecule has 220 valence electrons. The smallest absolute Gasteiger partial charge is 0.340 e. The van der Waals surface area contributed by atoms with Crippen LogP contribution in [-0.2, 0) is 10.3 Å². The minimum absolute atomic E-state index is 0.0194. The minimum atomic E-state index is -1.38. The molecule has 1 atom stereocenters. The maximum Gasteiger partial charge on any atom is 0.340 e. The van der Waals surface area contributed by atoms with Crippen molar-refractivity contribution in [2.45, 2.75) is 5.60 Å². The van der Waals surface area contributed by atoms with Gasteiger partial charge in [0.05, 0.1) is 5.56 Å². The van der Waals surface area contributed by atoms with Crippen LogP contribution < -0.4 is 25.4 Å². The fraction of sp³-hybridized carbons (Fsp3) is 0.355. The van der Waals surface area contributed by atoms with E-state index in [0.717, 1.165) is 26.2 Å². The largest absolute Gasteiger partial charge is 0.508 e. The quantitative estimate of drug-likeness (QED) is 0.348. The molecule has 0 aromatic heterocycles. The van der Waals surface area contributed by atoms with Gasteiger partial charge in [-0.15, -0.1) is 0 Å². The van der Waals surface area contributed by atoms with E-state index in [9.17, 15) is 19.1 Å². The SMILES string of the molecule is O=C1OC2(c3ccc(O)cc3Oc3cc(OCC[18F])ccc32)c2ccc(C(=O)N3CCNCCNCCNCC3)cc21. The highest BCUT2D eigenvalue weighted by Crippen LogP contribution is 2.57. The molecule has 3 aliphatic rings. The van der Waals surface area contributed by atoms with Gasteiger partial charge in [-0.2, -0.15) is 0 Å². The molecule has 0 radical (unpaired) electrons. The van der Waals surface area contributed by atoms with Crippen LogP contribution in [0.25, 0.3) is 0 Å². The van der Waals surface area contributed by atoms with Gasteiger partial charge in [0.1, 0.15) is 36.3 Å². The molecule has 3 heterocycles. The zero-order valence-corrected chi connectivity index (χ0v) is 23.1. The van der Waals surface area contributed by atoms with Crippen LogP contribution in [0, 0.1) is 0 Å². The van der Waals surface area contributed by atoms with Crippen LogP contribution in [0.15, 0.2) is 54.6 Å². The summed E-state index contributed by atoms with van der Waals surface area (Å²) in [6, 6.07) is 14.7. The summed E-state index contributed by atoms with van der Waals surface area (Å²) in [5.41, 5.74) is 0.938. The molecule has 6 rings (SSSR count). The number of ether oxygens (including phenoxy) is 3. The van der Waals surface area contributed by atoms with E-state index in [-0.39, 0.29) is 23.8 Å². The molecule has 3 aromatic carbocycles. The van der Waals surface area contributed by atoms with Crippen LogP contribution in [0.5, 0.6) is 23.0 Å². The number of nitrogens with one attached hydrogen (secondary N) is 3. The van der Waals surface area contributed by atoms with Gasteiger partial charge in [-0.05, 0) is 36.4 Å². The Bertz CT molecular complexity index is 1490. The van der Waals surface area contributed by atoms with Crippen molar-refractivity contribution >= 4 is 11.9 Å². The van der Waals surface area contributed by atoms with Crippen molar-refractivity contribution in [1.29, 1.82) is 0 Å². The number of aromatic hydroxyl groups is 1. The van der Waals surface area contributed by atoms with Crippen molar-refractivity contribution in [1.82, 2.24) is 20.9 Å². The molecule has 0 bridgehead atoms. The summed E-state index contributed by atoms with van der Waals surface area (Å²) in [5, 5.41) is 20.3. The van der Waals surface area contributed by atoms with Crippen LogP contribution in [0.2, 0.25) is 0 Å².